The molecule has 1 aromatic rings. The van der Waals surface area contributed by atoms with Crippen LogP contribution in [0.25, 0.3) is 0 Å². The Morgan fingerprint density at radius 3 is 2.46 bits per heavy atom. The molecule has 0 saturated heterocycles. The summed E-state index contributed by atoms with van der Waals surface area (Å²) in [6, 6.07) is 5.67. The Morgan fingerprint density at radius 2 is 1.88 bits per heavy atom. The number of nitrogens with two attached hydrogens (primary N) is 1. The van der Waals surface area contributed by atoms with Crippen molar-refractivity contribution in [2.75, 3.05) is 13.7 Å². The van der Waals surface area contributed by atoms with Crippen LogP contribution in [0.3, 0.4) is 0 Å². The molecular formula is C20H33ClN2O3. The Hall–Kier alpha value is -1.46. The van der Waals surface area contributed by atoms with E-state index in [0.717, 1.165) is 43.4 Å². The van der Waals surface area contributed by atoms with Gasteiger partial charge in [-0.2, -0.15) is 0 Å². The summed E-state index contributed by atoms with van der Waals surface area (Å²) in [5.74, 6) is 1.95. The minimum absolute atomic E-state index is 0. The highest BCUT2D eigenvalue weighted by atomic mass is 35.5. The lowest BCUT2D eigenvalue weighted by Crippen LogP contribution is -2.52. The zero-order valence-electron chi connectivity index (χ0n) is 16.3. The molecule has 0 heterocycles. The highest BCUT2D eigenvalue weighted by molar-refractivity contribution is 5.86. The molecular weight excluding hydrogens is 352 g/mol. The number of benzene rings is 1. The lowest BCUT2D eigenvalue weighted by Gasteiger charge is -2.25. The van der Waals surface area contributed by atoms with Crippen LogP contribution < -0.4 is 20.5 Å². The zero-order valence-corrected chi connectivity index (χ0v) is 17.2. The molecule has 1 unspecified atom stereocenters. The largest absolute Gasteiger partial charge is 0.493 e. The molecule has 1 aliphatic carbocycles. The van der Waals surface area contributed by atoms with Gasteiger partial charge in [-0.15, -0.1) is 12.4 Å². The zero-order chi connectivity index (χ0) is 18.4. The number of hydrogen-bond donors (Lipinski definition) is 2. The van der Waals surface area contributed by atoms with E-state index >= 15 is 0 Å². The minimum Gasteiger partial charge on any atom is -0.493 e. The number of ether oxygens (including phenoxy) is 2. The molecule has 6 heteroatoms. The maximum Gasteiger partial charge on any atom is 0.240 e. The van der Waals surface area contributed by atoms with Crippen molar-refractivity contribution in [2.45, 2.75) is 64.5 Å². The fourth-order valence-corrected chi connectivity index (χ4v) is 3.13. The van der Waals surface area contributed by atoms with Crippen molar-refractivity contribution in [3.63, 3.8) is 0 Å². The first-order valence-corrected chi connectivity index (χ1v) is 9.26. The standard InChI is InChI=1S/C20H32N2O3.ClH/c1-14(2)9-12-25-17-8-7-16(13-18(17)24-4)15(3)22-19(23)20(21)10-5-6-11-20;/h7-8,13-15H,5-6,9-12,21H2,1-4H3,(H,22,23);1H. The quantitative estimate of drug-likeness (QED) is 0.710. The summed E-state index contributed by atoms with van der Waals surface area (Å²) < 4.78 is 11.3. The molecule has 148 valence electrons. The highest BCUT2D eigenvalue weighted by Gasteiger charge is 2.37. The molecule has 0 bridgehead atoms. The van der Waals surface area contributed by atoms with Crippen LogP contribution in [0, 0.1) is 5.92 Å². The average Bonchev–Trinajstić information content (AvgIpc) is 3.02. The van der Waals surface area contributed by atoms with E-state index in [1.54, 1.807) is 7.11 Å². The molecule has 0 aliphatic heterocycles. The van der Waals surface area contributed by atoms with Gasteiger partial charge in [0.25, 0.3) is 0 Å². The summed E-state index contributed by atoms with van der Waals surface area (Å²) in [6.45, 7) is 6.96. The van der Waals surface area contributed by atoms with Crippen LogP contribution >= 0.6 is 12.4 Å². The van der Waals surface area contributed by atoms with E-state index in [2.05, 4.69) is 19.2 Å². The summed E-state index contributed by atoms with van der Waals surface area (Å²) in [7, 11) is 1.63. The fourth-order valence-electron chi connectivity index (χ4n) is 3.13. The van der Waals surface area contributed by atoms with Crippen LogP contribution in [0.5, 0.6) is 11.5 Å². The summed E-state index contributed by atoms with van der Waals surface area (Å²) in [6.07, 6.45) is 4.56. The molecule has 1 fully saturated rings. The van der Waals surface area contributed by atoms with Crippen LogP contribution in [0.1, 0.15) is 64.5 Å². The Balaban J connectivity index is 0.00000338. The molecule has 1 aliphatic rings. The molecule has 5 nitrogen and oxygen atoms in total. The SMILES string of the molecule is COc1cc(C(C)NC(=O)C2(N)CCCC2)ccc1OCCC(C)C.Cl. The Labute approximate surface area is 163 Å². The van der Waals surface area contributed by atoms with Crippen molar-refractivity contribution in [1.29, 1.82) is 0 Å². The second-order valence-corrected chi connectivity index (χ2v) is 7.50. The third-order valence-corrected chi connectivity index (χ3v) is 4.94. The monoisotopic (exact) mass is 384 g/mol. The van der Waals surface area contributed by atoms with E-state index in [-0.39, 0.29) is 24.4 Å². The van der Waals surface area contributed by atoms with E-state index in [9.17, 15) is 4.79 Å². The lowest BCUT2D eigenvalue weighted by atomic mass is 9.97. The summed E-state index contributed by atoms with van der Waals surface area (Å²) in [5, 5.41) is 3.05. The first-order valence-electron chi connectivity index (χ1n) is 9.26. The molecule has 1 amide bonds. The Morgan fingerprint density at radius 1 is 1.23 bits per heavy atom. The Bertz CT molecular complexity index is 586. The first-order chi connectivity index (χ1) is 11.9. The third kappa shape index (κ3) is 5.78. The van der Waals surface area contributed by atoms with E-state index in [1.807, 2.05) is 25.1 Å². The number of carbonyl (C=O) groups is 1. The smallest absolute Gasteiger partial charge is 0.240 e. The molecule has 0 spiro atoms. The molecule has 1 aromatic carbocycles. The average molecular weight is 385 g/mol. The lowest BCUT2D eigenvalue weighted by molar-refractivity contribution is -0.126. The van der Waals surface area contributed by atoms with Crippen molar-refractivity contribution in [1.82, 2.24) is 5.32 Å². The molecule has 0 aromatic heterocycles. The molecule has 0 radical (unpaired) electrons. The normalized spacial score (nSPS) is 16.7. The first kappa shape index (κ1) is 22.6. The predicted molar refractivity (Wildman–Crippen MR) is 107 cm³/mol. The van der Waals surface area contributed by atoms with Crippen molar-refractivity contribution >= 4 is 18.3 Å². The second-order valence-electron chi connectivity index (χ2n) is 7.50. The summed E-state index contributed by atoms with van der Waals surface area (Å²) in [5.41, 5.74) is 6.50. The maximum absolute atomic E-state index is 12.5. The van der Waals surface area contributed by atoms with Gasteiger partial charge in [0.1, 0.15) is 0 Å². The van der Waals surface area contributed by atoms with Gasteiger partial charge in [-0.05, 0) is 49.8 Å². The van der Waals surface area contributed by atoms with E-state index in [4.69, 9.17) is 15.2 Å². The number of methoxy groups -OCH3 is 1. The number of halogens is 1. The van der Waals surface area contributed by atoms with Crippen molar-refractivity contribution in [3.05, 3.63) is 23.8 Å². The van der Waals surface area contributed by atoms with Gasteiger partial charge in [0, 0.05) is 0 Å². The van der Waals surface area contributed by atoms with Crippen molar-refractivity contribution in [2.24, 2.45) is 11.7 Å². The molecule has 1 atom stereocenters. The summed E-state index contributed by atoms with van der Waals surface area (Å²) in [4.78, 5) is 12.5. The van der Waals surface area contributed by atoms with Gasteiger partial charge in [-0.1, -0.05) is 32.8 Å². The number of amides is 1. The second kappa shape index (κ2) is 10.0. The topological polar surface area (TPSA) is 73.6 Å². The number of rotatable bonds is 8. The van der Waals surface area contributed by atoms with Gasteiger partial charge in [0.05, 0.1) is 25.3 Å². The van der Waals surface area contributed by atoms with E-state index < -0.39 is 5.54 Å². The maximum atomic E-state index is 12.5. The van der Waals surface area contributed by atoms with Crippen LogP contribution in [0.4, 0.5) is 0 Å². The van der Waals surface area contributed by atoms with Crippen molar-refractivity contribution < 1.29 is 14.3 Å². The van der Waals surface area contributed by atoms with Gasteiger partial charge in [-0.3, -0.25) is 4.79 Å². The minimum atomic E-state index is -0.710. The molecule has 3 N–H and O–H groups in total. The number of nitrogens with one attached hydrogen (secondary N) is 1. The predicted octanol–water partition coefficient (Wildman–Crippen LogP) is 3.99. The highest BCUT2D eigenvalue weighted by Crippen LogP contribution is 2.32. The fraction of sp³-hybridized carbons (Fsp3) is 0.650. The van der Waals surface area contributed by atoms with E-state index in [0.29, 0.717) is 18.3 Å². The van der Waals surface area contributed by atoms with Crippen LogP contribution in [-0.4, -0.2) is 25.2 Å². The molecule has 1 saturated carbocycles. The molecule has 2 rings (SSSR count). The van der Waals surface area contributed by atoms with Crippen molar-refractivity contribution in [3.8, 4) is 11.5 Å². The third-order valence-electron chi connectivity index (χ3n) is 4.94. The van der Waals surface area contributed by atoms with Gasteiger partial charge < -0.3 is 20.5 Å². The van der Waals surface area contributed by atoms with Crippen LogP contribution in [0.15, 0.2) is 18.2 Å². The summed E-state index contributed by atoms with van der Waals surface area (Å²) >= 11 is 0. The van der Waals surface area contributed by atoms with Gasteiger partial charge >= 0.3 is 0 Å². The van der Waals surface area contributed by atoms with Gasteiger partial charge in [0.2, 0.25) is 5.91 Å². The Kier molecular flexibility index (Phi) is 8.71. The van der Waals surface area contributed by atoms with Gasteiger partial charge in [-0.25, -0.2) is 0 Å². The van der Waals surface area contributed by atoms with Gasteiger partial charge in [0.15, 0.2) is 11.5 Å². The van der Waals surface area contributed by atoms with Crippen LogP contribution in [0.2, 0.25) is 0 Å². The number of hydrogen-bond acceptors (Lipinski definition) is 4. The van der Waals surface area contributed by atoms with E-state index in [1.165, 1.54) is 0 Å². The number of carbonyl (C=O) groups excluding carboxylic acids is 1. The van der Waals surface area contributed by atoms with Crippen LogP contribution in [-0.2, 0) is 4.79 Å². The molecule has 26 heavy (non-hydrogen) atoms.